The van der Waals surface area contributed by atoms with E-state index in [0.717, 1.165) is 35.2 Å². The first-order chi connectivity index (χ1) is 20.5. The zero-order chi connectivity index (χ0) is 30.6. The van der Waals surface area contributed by atoms with Crippen molar-refractivity contribution in [1.82, 2.24) is 4.57 Å². The highest BCUT2D eigenvalue weighted by Crippen LogP contribution is 2.54. The molecule has 0 aliphatic carbocycles. The maximum Gasteiger partial charge on any atom is 0.418 e. The quantitative estimate of drug-likeness (QED) is 0.241. The maximum atomic E-state index is 13.9. The topological polar surface area (TPSA) is 88.5 Å². The van der Waals surface area contributed by atoms with Crippen LogP contribution in [-0.2, 0) is 27.1 Å². The van der Waals surface area contributed by atoms with Crippen LogP contribution in [0.1, 0.15) is 21.9 Å². The van der Waals surface area contributed by atoms with Gasteiger partial charge in [0.05, 0.1) is 32.2 Å². The van der Waals surface area contributed by atoms with Gasteiger partial charge < -0.3 is 5.32 Å². The number of halogens is 5. The largest absolute Gasteiger partial charge is 0.418 e. The van der Waals surface area contributed by atoms with Gasteiger partial charge in [-0.05, 0) is 35.9 Å². The summed E-state index contributed by atoms with van der Waals surface area (Å²) in [5, 5.41) is 2.34. The van der Waals surface area contributed by atoms with Crippen LogP contribution in [0.5, 0.6) is 0 Å². The number of nitrogens with one attached hydrogen (secondary N) is 1. The molecular weight excluding hydrogens is 646 g/mol. The molecule has 1 fully saturated rings. The van der Waals surface area contributed by atoms with Crippen LogP contribution in [0.15, 0.2) is 82.6 Å². The molecule has 4 aromatic rings. The summed E-state index contributed by atoms with van der Waals surface area (Å²) in [6, 6.07) is 17.6. The van der Waals surface area contributed by atoms with Gasteiger partial charge in [-0.2, -0.15) is 13.2 Å². The number of carbonyl (C=O) groups is 3. The van der Waals surface area contributed by atoms with Crippen molar-refractivity contribution in [3.05, 3.63) is 109 Å². The smallest absolute Gasteiger partial charge is 0.324 e. The molecule has 43 heavy (non-hydrogen) atoms. The van der Waals surface area contributed by atoms with Crippen molar-refractivity contribution in [3.8, 4) is 0 Å². The van der Waals surface area contributed by atoms with Crippen molar-refractivity contribution in [2.24, 2.45) is 5.92 Å². The number of benzene rings is 3. The molecule has 0 unspecified atom stereocenters. The molecule has 1 aromatic heterocycles. The van der Waals surface area contributed by atoms with E-state index in [4.69, 9.17) is 23.2 Å². The highest BCUT2D eigenvalue weighted by Gasteiger charge is 2.57. The summed E-state index contributed by atoms with van der Waals surface area (Å²) >= 11 is 13.7. The molecular formula is C29H18Cl2F3N3O4S2. The van der Waals surface area contributed by atoms with E-state index in [0.29, 0.717) is 31.1 Å². The van der Waals surface area contributed by atoms with Crippen LogP contribution < -0.4 is 15.1 Å². The van der Waals surface area contributed by atoms with E-state index < -0.39 is 63.7 Å². The molecule has 7 nitrogen and oxygen atoms in total. The minimum Gasteiger partial charge on any atom is -0.324 e. The predicted molar refractivity (Wildman–Crippen MR) is 159 cm³/mol. The number of carbonyl (C=O) groups excluding carboxylic acids is 3. The molecule has 2 aliphatic rings. The van der Waals surface area contributed by atoms with E-state index in [1.807, 2.05) is 0 Å². The van der Waals surface area contributed by atoms with Crippen LogP contribution in [0.2, 0.25) is 10.0 Å². The van der Waals surface area contributed by atoms with Gasteiger partial charge in [0.15, 0.2) is 0 Å². The van der Waals surface area contributed by atoms with Gasteiger partial charge in [0.25, 0.3) is 0 Å². The number of amides is 3. The zero-order valence-corrected chi connectivity index (χ0v) is 24.7. The first kappa shape index (κ1) is 29.5. The number of anilines is 2. The highest BCUT2D eigenvalue weighted by atomic mass is 35.5. The van der Waals surface area contributed by atoms with E-state index in [9.17, 15) is 32.3 Å². The normalized spacial score (nSPS) is 19.7. The third-order valence-corrected chi connectivity index (χ3v) is 10.5. The average molecular weight is 665 g/mol. The second kappa shape index (κ2) is 11.2. The van der Waals surface area contributed by atoms with E-state index in [2.05, 4.69) is 5.32 Å². The molecule has 6 rings (SSSR count). The molecule has 3 amide bonds. The summed E-state index contributed by atoms with van der Waals surface area (Å²) < 4.78 is 42.9. The molecule has 0 saturated carbocycles. The van der Waals surface area contributed by atoms with E-state index >= 15 is 0 Å². The molecule has 1 N–H and O–H groups in total. The first-order valence-electron chi connectivity index (χ1n) is 12.7. The molecule has 14 heteroatoms. The second-order valence-electron chi connectivity index (χ2n) is 9.78. The van der Waals surface area contributed by atoms with Crippen molar-refractivity contribution >= 4 is 75.4 Å². The molecule has 2 aliphatic heterocycles. The summed E-state index contributed by atoms with van der Waals surface area (Å²) in [6.07, 6.45) is -4.81. The van der Waals surface area contributed by atoms with Gasteiger partial charge in [-0.15, -0.1) is 0 Å². The molecule has 0 spiro atoms. The Morgan fingerprint density at radius 1 is 0.907 bits per heavy atom. The number of nitrogens with zero attached hydrogens (tertiary/aromatic N) is 2. The van der Waals surface area contributed by atoms with Gasteiger partial charge in [-0.1, -0.05) is 88.8 Å². The lowest BCUT2D eigenvalue weighted by Crippen LogP contribution is -2.33. The van der Waals surface area contributed by atoms with Gasteiger partial charge in [0, 0.05) is 16.5 Å². The van der Waals surface area contributed by atoms with E-state index in [1.54, 1.807) is 36.4 Å². The molecule has 3 heterocycles. The number of thiazole rings is 1. The molecule has 0 radical (unpaired) electrons. The Morgan fingerprint density at radius 3 is 2.30 bits per heavy atom. The number of alkyl halides is 3. The van der Waals surface area contributed by atoms with Crippen LogP contribution in [0.3, 0.4) is 0 Å². The van der Waals surface area contributed by atoms with Crippen LogP contribution in [0.25, 0.3) is 0 Å². The third-order valence-electron chi connectivity index (χ3n) is 7.16. The lowest BCUT2D eigenvalue weighted by Gasteiger charge is -2.30. The summed E-state index contributed by atoms with van der Waals surface area (Å²) in [5.74, 6) is -4.06. The number of rotatable bonds is 5. The zero-order valence-electron chi connectivity index (χ0n) is 21.6. The second-order valence-corrected chi connectivity index (χ2v) is 12.7. The fraction of sp³-hybridized carbons (Fsp3) is 0.172. The average Bonchev–Trinajstić information content (AvgIpc) is 3.41. The molecule has 220 valence electrons. The fourth-order valence-corrected chi connectivity index (χ4v) is 8.41. The van der Waals surface area contributed by atoms with Gasteiger partial charge in [0.2, 0.25) is 17.7 Å². The van der Waals surface area contributed by atoms with Gasteiger partial charge in [-0.3, -0.25) is 23.7 Å². The summed E-state index contributed by atoms with van der Waals surface area (Å²) in [4.78, 5) is 54.5. The maximum absolute atomic E-state index is 13.9. The fourth-order valence-electron chi connectivity index (χ4n) is 5.34. The Labute approximate surface area is 260 Å². The standard InChI is InChI=1S/C29H18Cl2F3N3O4S2/c30-17-11-10-15(12-18(17)31)35-20(38)13-36-27-24(43-28(36)41)21(14-6-2-1-3-7-14)22-23(42-27)26(40)37(25(22)39)19-9-5-4-8-16(19)29(32,33)34/h1-12,21-23H,13H2,(H,35,38)/t21-,22-,23+/m0/s1. The third kappa shape index (κ3) is 5.26. The van der Waals surface area contributed by atoms with Crippen LogP contribution in [0.4, 0.5) is 24.5 Å². The SMILES string of the molecule is O=C(Cn1c2c(sc1=O)[C@@H](c1ccccc1)[C@@H]1C(=O)N(c3ccccc3C(F)(F)F)C(=O)[C@@H]1S2)Nc1ccc(Cl)c(Cl)c1. The Bertz CT molecular complexity index is 1840. The molecule has 1 saturated heterocycles. The number of imide groups is 1. The molecule has 3 aromatic carbocycles. The van der Waals surface area contributed by atoms with Crippen LogP contribution >= 0.6 is 46.3 Å². The lowest BCUT2D eigenvalue weighted by atomic mass is 9.83. The molecule has 3 atom stereocenters. The Hall–Kier alpha value is -3.58. The minimum atomic E-state index is -4.81. The van der Waals surface area contributed by atoms with Crippen molar-refractivity contribution < 1.29 is 27.6 Å². The van der Waals surface area contributed by atoms with Gasteiger partial charge in [-0.25, -0.2) is 4.90 Å². The highest BCUT2D eigenvalue weighted by molar-refractivity contribution is 8.00. The van der Waals surface area contributed by atoms with E-state index in [1.165, 1.54) is 28.8 Å². The van der Waals surface area contributed by atoms with Crippen molar-refractivity contribution in [1.29, 1.82) is 0 Å². The number of hydrogen-bond donors (Lipinski definition) is 1. The Balaban J connectivity index is 1.41. The van der Waals surface area contributed by atoms with Crippen LogP contribution in [-0.4, -0.2) is 27.5 Å². The number of para-hydroxylation sites is 1. The van der Waals surface area contributed by atoms with Crippen LogP contribution in [0, 0.1) is 5.92 Å². The number of fused-ring (bicyclic) bond motifs is 2. The van der Waals surface area contributed by atoms with Gasteiger partial charge in [0.1, 0.15) is 11.8 Å². The summed E-state index contributed by atoms with van der Waals surface area (Å²) in [7, 11) is 0. The predicted octanol–water partition coefficient (Wildman–Crippen LogP) is 6.67. The monoisotopic (exact) mass is 663 g/mol. The van der Waals surface area contributed by atoms with Crippen molar-refractivity contribution in [3.63, 3.8) is 0 Å². The number of thioether (sulfide) groups is 1. The Morgan fingerprint density at radius 2 is 1.60 bits per heavy atom. The van der Waals surface area contributed by atoms with Gasteiger partial charge >= 0.3 is 11.0 Å². The van der Waals surface area contributed by atoms with Crippen molar-refractivity contribution in [2.75, 3.05) is 10.2 Å². The Kier molecular flexibility index (Phi) is 7.66. The lowest BCUT2D eigenvalue weighted by molar-refractivity contribution is -0.137. The summed E-state index contributed by atoms with van der Waals surface area (Å²) in [5.41, 5.74) is -0.697. The molecule has 0 bridgehead atoms. The van der Waals surface area contributed by atoms with E-state index in [-0.39, 0.29) is 5.02 Å². The minimum absolute atomic E-state index is 0.220. The number of hydrogen-bond acceptors (Lipinski definition) is 6. The van der Waals surface area contributed by atoms with Crippen molar-refractivity contribution in [2.45, 2.75) is 28.9 Å². The first-order valence-corrected chi connectivity index (χ1v) is 15.1. The number of aromatic nitrogens is 1. The summed E-state index contributed by atoms with van der Waals surface area (Å²) in [6.45, 7) is -0.417.